The van der Waals surface area contributed by atoms with Crippen molar-refractivity contribution in [3.05, 3.63) is 17.7 Å². The second-order valence-electron chi connectivity index (χ2n) is 10.6. The molecule has 3 aliphatic heterocycles. The van der Waals surface area contributed by atoms with E-state index in [4.69, 9.17) is 14.7 Å². The van der Waals surface area contributed by atoms with E-state index in [0.717, 1.165) is 92.5 Å². The summed E-state index contributed by atoms with van der Waals surface area (Å²) >= 11 is 0. The standard InChI is InChI=1S/C29H42N6O2/c1-37-27-22-25-26(21-23(27)9-3-6-12-33-13-7-8-14-33)31-29(35-15-4-2-5-16-35)32-28(25)30-24-10-17-34(18-11-24)19-20-36/h21-22,24,36H,2,4-8,10-20H2,1H3,(H,30,31,32). The van der Waals surface area contributed by atoms with E-state index < -0.39 is 0 Å². The zero-order valence-electron chi connectivity index (χ0n) is 22.3. The number of anilines is 2. The fourth-order valence-corrected chi connectivity index (χ4v) is 5.77. The Hall–Kier alpha value is -2.60. The molecule has 3 aliphatic rings. The third-order valence-electron chi connectivity index (χ3n) is 7.96. The maximum Gasteiger partial charge on any atom is 0.227 e. The number of nitrogens with one attached hydrogen (secondary N) is 1. The molecule has 3 fully saturated rings. The average Bonchev–Trinajstić information content (AvgIpc) is 3.46. The van der Waals surface area contributed by atoms with Gasteiger partial charge in [-0.15, -0.1) is 0 Å². The van der Waals surface area contributed by atoms with Crippen molar-refractivity contribution in [2.45, 2.75) is 57.4 Å². The van der Waals surface area contributed by atoms with Crippen LogP contribution in [0.2, 0.25) is 0 Å². The van der Waals surface area contributed by atoms with E-state index in [1.54, 1.807) is 7.11 Å². The Bertz CT molecular complexity index is 1090. The second-order valence-corrected chi connectivity index (χ2v) is 10.6. The van der Waals surface area contributed by atoms with Crippen LogP contribution in [-0.4, -0.2) is 97.0 Å². The van der Waals surface area contributed by atoms with Crippen LogP contribution in [0.1, 0.15) is 56.9 Å². The molecule has 8 nitrogen and oxygen atoms in total. The van der Waals surface area contributed by atoms with Gasteiger partial charge in [-0.05, 0) is 70.2 Å². The van der Waals surface area contributed by atoms with Gasteiger partial charge in [0.25, 0.3) is 0 Å². The lowest BCUT2D eigenvalue weighted by Crippen LogP contribution is -2.40. The number of aromatic nitrogens is 2. The number of aliphatic hydroxyl groups is 1. The number of rotatable bonds is 8. The minimum atomic E-state index is 0.219. The summed E-state index contributed by atoms with van der Waals surface area (Å²) in [4.78, 5) is 17.2. The topological polar surface area (TPSA) is 77.0 Å². The summed E-state index contributed by atoms with van der Waals surface area (Å²) in [5, 5.41) is 14.0. The highest BCUT2D eigenvalue weighted by Crippen LogP contribution is 2.32. The van der Waals surface area contributed by atoms with Gasteiger partial charge < -0.3 is 29.9 Å². The molecule has 0 bridgehead atoms. The van der Waals surface area contributed by atoms with Crippen LogP contribution in [0.4, 0.5) is 11.8 Å². The molecule has 8 heteroatoms. The molecule has 0 radical (unpaired) electrons. The summed E-state index contributed by atoms with van der Waals surface area (Å²) in [6.07, 6.45) is 9.19. The first-order valence-corrected chi connectivity index (χ1v) is 14.2. The number of hydrogen-bond acceptors (Lipinski definition) is 8. The van der Waals surface area contributed by atoms with Crippen molar-refractivity contribution >= 4 is 22.7 Å². The van der Waals surface area contributed by atoms with Gasteiger partial charge in [-0.25, -0.2) is 4.98 Å². The quantitative estimate of drug-likeness (QED) is 0.528. The smallest absolute Gasteiger partial charge is 0.227 e. The van der Waals surface area contributed by atoms with Crippen molar-refractivity contribution in [1.29, 1.82) is 0 Å². The molecule has 1 aromatic heterocycles. The van der Waals surface area contributed by atoms with E-state index in [1.165, 1.54) is 45.2 Å². The number of piperidine rings is 2. The average molecular weight is 507 g/mol. The Kier molecular flexibility index (Phi) is 8.98. The Morgan fingerprint density at radius 1 is 0.946 bits per heavy atom. The molecule has 0 unspecified atom stereocenters. The van der Waals surface area contributed by atoms with Crippen molar-refractivity contribution in [1.82, 2.24) is 19.8 Å². The number of ether oxygens (including phenoxy) is 1. The number of methoxy groups -OCH3 is 1. The summed E-state index contributed by atoms with van der Waals surface area (Å²) in [5.41, 5.74) is 1.81. The lowest BCUT2D eigenvalue weighted by Gasteiger charge is -2.33. The molecule has 0 spiro atoms. The van der Waals surface area contributed by atoms with E-state index in [-0.39, 0.29) is 6.61 Å². The summed E-state index contributed by atoms with van der Waals surface area (Å²) in [6.45, 7) is 8.39. The van der Waals surface area contributed by atoms with Gasteiger partial charge in [-0.1, -0.05) is 11.8 Å². The van der Waals surface area contributed by atoms with Gasteiger partial charge in [0, 0.05) is 57.1 Å². The van der Waals surface area contributed by atoms with Crippen molar-refractivity contribution in [2.24, 2.45) is 0 Å². The fourth-order valence-electron chi connectivity index (χ4n) is 5.77. The number of β-amino-alcohol motifs (C(OH)–C–C–N with tert-alkyl or cyclic N) is 1. The van der Waals surface area contributed by atoms with Gasteiger partial charge in [0.15, 0.2) is 0 Å². The second kappa shape index (κ2) is 12.8. The molecule has 0 aliphatic carbocycles. The molecule has 200 valence electrons. The highest BCUT2D eigenvalue weighted by molar-refractivity contribution is 5.93. The lowest BCUT2D eigenvalue weighted by atomic mass is 10.0. The van der Waals surface area contributed by atoms with Gasteiger partial charge in [0.05, 0.1) is 24.8 Å². The minimum absolute atomic E-state index is 0.219. The predicted molar refractivity (Wildman–Crippen MR) is 149 cm³/mol. The van der Waals surface area contributed by atoms with Crippen LogP contribution in [0.5, 0.6) is 5.75 Å². The molecule has 0 saturated carbocycles. The highest BCUT2D eigenvalue weighted by atomic mass is 16.5. The van der Waals surface area contributed by atoms with E-state index in [1.807, 2.05) is 0 Å². The minimum Gasteiger partial charge on any atom is -0.495 e. The van der Waals surface area contributed by atoms with Crippen LogP contribution in [0.15, 0.2) is 12.1 Å². The summed E-state index contributed by atoms with van der Waals surface area (Å²) < 4.78 is 5.78. The third-order valence-corrected chi connectivity index (χ3v) is 7.96. The van der Waals surface area contributed by atoms with Crippen LogP contribution < -0.4 is 15.0 Å². The maximum absolute atomic E-state index is 9.28. The molecule has 0 atom stereocenters. The molecule has 1 aromatic carbocycles. The van der Waals surface area contributed by atoms with Gasteiger partial charge in [0.1, 0.15) is 11.6 Å². The fraction of sp³-hybridized carbons (Fsp3) is 0.655. The van der Waals surface area contributed by atoms with Gasteiger partial charge in [-0.3, -0.25) is 0 Å². The zero-order chi connectivity index (χ0) is 25.5. The number of fused-ring (bicyclic) bond motifs is 1. The lowest BCUT2D eigenvalue weighted by molar-refractivity contribution is 0.168. The Morgan fingerprint density at radius 3 is 2.41 bits per heavy atom. The third kappa shape index (κ3) is 6.64. The van der Waals surface area contributed by atoms with E-state index in [2.05, 4.69) is 44.0 Å². The van der Waals surface area contributed by atoms with E-state index in [9.17, 15) is 5.11 Å². The normalized spacial score (nSPS) is 19.7. The molecular formula is C29H42N6O2. The molecule has 2 N–H and O–H groups in total. The van der Waals surface area contributed by atoms with Crippen LogP contribution in [0, 0.1) is 11.8 Å². The summed E-state index contributed by atoms with van der Waals surface area (Å²) in [5.74, 6) is 9.22. The maximum atomic E-state index is 9.28. The Labute approximate surface area is 221 Å². The first kappa shape index (κ1) is 26.0. The summed E-state index contributed by atoms with van der Waals surface area (Å²) in [6, 6.07) is 4.49. The van der Waals surface area contributed by atoms with E-state index >= 15 is 0 Å². The van der Waals surface area contributed by atoms with Gasteiger partial charge in [0.2, 0.25) is 5.95 Å². The molecule has 5 rings (SSSR count). The van der Waals surface area contributed by atoms with Gasteiger partial charge in [-0.2, -0.15) is 4.98 Å². The van der Waals surface area contributed by atoms with Gasteiger partial charge >= 0.3 is 0 Å². The van der Waals surface area contributed by atoms with Crippen LogP contribution in [0.25, 0.3) is 10.9 Å². The van der Waals surface area contributed by atoms with Crippen LogP contribution in [-0.2, 0) is 0 Å². The number of benzene rings is 1. The Balaban J connectivity index is 1.41. The van der Waals surface area contributed by atoms with Crippen molar-refractivity contribution in [3.63, 3.8) is 0 Å². The monoisotopic (exact) mass is 506 g/mol. The predicted octanol–water partition coefficient (Wildman–Crippen LogP) is 3.33. The molecule has 3 saturated heterocycles. The van der Waals surface area contributed by atoms with Crippen molar-refractivity contribution < 1.29 is 9.84 Å². The number of nitrogens with zero attached hydrogens (tertiary/aromatic N) is 5. The SMILES string of the molecule is COc1cc2c(NC3CCN(CCO)CC3)nc(N3CCCCC3)nc2cc1C#CCCN1CCCC1. The van der Waals surface area contributed by atoms with E-state index in [0.29, 0.717) is 6.04 Å². The largest absolute Gasteiger partial charge is 0.495 e. The molecule has 2 aromatic rings. The number of likely N-dealkylation sites (tertiary alicyclic amines) is 2. The van der Waals surface area contributed by atoms with Crippen molar-refractivity contribution in [3.8, 4) is 17.6 Å². The van der Waals surface area contributed by atoms with Crippen LogP contribution in [0.3, 0.4) is 0 Å². The molecule has 0 amide bonds. The van der Waals surface area contributed by atoms with Crippen molar-refractivity contribution in [2.75, 3.05) is 76.3 Å². The molecule has 37 heavy (non-hydrogen) atoms. The number of aliphatic hydroxyl groups excluding tert-OH is 1. The first-order valence-electron chi connectivity index (χ1n) is 14.2. The first-order chi connectivity index (χ1) is 18.2. The number of hydrogen-bond donors (Lipinski definition) is 2. The highest BCUT2D eigenvalue weighted by Gasteiger charge is 2.22. The van der Waals surface area contributed by atoms with Crippen LogP contribution >= 0.6 is 0 Å². The Morgan fingerprint density at radius 2 is 1.68 bits per heavy atom. The zero-order valence-corrected chi connectivity index (χ0v) is 22.3. The molecular weight excluding hydrogens is 464 g/mol. The summed E-state index contributed by atoms with van der Waals surface area (Å²) in [7, 11) is 1.71. The molecule has 4 heterocycles.